The van der Waals surface area contributed by atoms with Crippen LogP contribution < -0.4 is 35.0 Å². The molecule has 0 spiro atoms. The number of aromatic nitrogens is 1. The second-order valence-electron chi connectivity index (χ2n) is 9.37. The second kappa shape index (κ2) is 10.5. The minimum atomic E-state index is -0.852. The molecule has 0 radical (unpaired) electrons. The molecule has 9 nitrogen and oxygen atoms in total. The topological polar surface area (TPSA) is 111 Å². The van der Waals surface area contributed by atoms with Gasteiger partial charge in [0.25, 0.3) is 17.4 Å². The van der Waals surface area contributed by atoms with E-state index in [1.165, 1.54) is 11.7 Å². The summed E-state index contributed by atoms with van der Waals surface area (Å²) in [6, 6.07) is 11.6. The maximum Gasteiger partial charge on any atom is 0.271 e. The van der Waals surface area contributed by atoms with E-state index in [9.17, 15) is 14.4 Å². The maximum atomic E-state index is 14.2. The molecular weight excluding hydrogens is 516 g/mol. The Hall–Kier alpha value is -4.18. The molecule has 0 saturated carbocycles. The van der Waals surface area contributed by atoms with Crippen molar-refractivity contribution >= 4 is 34.4 Å². The Bertz CT molecular complexity index is 1700. The Kier molecular flexibility index (Phi) is 7.14. The summed E-state index contributed by atoms with van der Waals surface area (Å²) < 4.78 is 12.9. The van der Waals surface area contributed by atoms with E-state index in [4.69, 9.17) is 14.5 Å². The molecule has 1 atom stereocenters. The van der Waals surface area contributed by atoms with Gasteiger partial charge in [-0.1, -0.05) is 43.4 Å². The van der Waals surface area contributed by atoms with Gasteiger partial charge in [-0.3, -0.25) is 19.0 Å². The average molecular weight is 547 g/mol. The number of anilines is 1. The molecule has 2 N–H and O–H groups in total. The Morgan fingerprint density at radius 3 is 2.56 bits per heavy atom. The van der Waals surface area contributed by atoms with Crippen LogP contribution in [0.5, 0.6) is 11.5 Å². The number of hydrogen-bond acceptors (Lipinski definition) is 7. The number of para-hydroxylation sites is 1. The van der Waals surface area contributed by atoms with E-state index in [1.807, 2.05) is 32.0 Å². The third-order valence-corrected chi connectivity index (χ3v) is 8.25. The molecule has 1 aromatic heterocycles. The van der Waals surface area contributed by atoms with Gasteiger partial charge in [0.2, 0.25) is 0 Å². The first-order valence-corrected chi connectivity index (χ1v) is 13.6. The van der Waals surface area contributed by atoms with Gasteiger partial charge >= 0.3 is 0 Å². The number of nitrogens with zero attached hydrogens (tertiary/aromatic N) is 2. The highest BCUT2D eigenvalue weighted by atomic mass is 32.1. The van der Waals surface area contributed by atoms with Crippen LogP contribution in [0.1, 0.15) is 50.8 Å². The van der Waals surface area contributed by atoms with Crippen LogP contribution in [0.25, 0.3) is 5.57 Å². The number of carbonyl (C=O) groups excluding carboxylic acids is 2. The summed E-state index contributed by atoms with van der Waals surface area (Å²) in [6.45, 7) is 5.79. The quantitative estimate of drug-likeness (QED) is 0.474. The zero-order valence-electron chi connectivity index (χ0n) is 22.5. The van der Waals surface area contributed by atoms with E-state index >= 15 is 0 Å². The lowest BCUT2D eigenvalue weighted by atomic mass is 9.93. The molecule has 5 rings (SSSR count). The molecule has 202 valence electrons. The van der Waals surface area contributed by atoms with Crippen LogP contribution >= 0.6 is 11.3 Å². The van der Waals surface area contributed by atoms with Crippen molar-refractivity contribution in [1.29, 1.82) is 0 Å². The molecular formula is C29H30N4O5S. The molecule has 0 fully saturated rings. The fourth-order valence-electron chi connectivity index (χ4n) is 5.11. The van der Waals surface area contributed by atoms with Crippen molar-refractivity contribution < 1.29 is 19.1 Å². The highest BCUT2D eigenvalue weighted by Gasteiger charge is 2.36. The number of benzene rings is 2. The fourth-order valence-corrected chi connectivity index (χ4v) is 6.25. The first-order chi connectivity index (χ1) is 18.8. The Labute approximate surface area is 229 Å². The molecule has 0 aliphatic carbocycles. The van der Waals surface area contributed by atoms with Gasteiger partial charge < -0.3 is 20.1 Å². The van der Waals surface area contributed by atoms with Crippen molar-refractivity contribution in [2.45, 2.75) is 45.7 Å². The molecule has 39 heavy (non-hydrogen) atoms. The van der Waals surface area contributed by atoms with Gasteiger partial charge in [0.15, 0.2) is 4.80 Å². The van der Waals surface area contributed by atoms with E-state index < -0.39 is 11.6 Å². The zero-order valence-corrected chi connectivity index (χ0v) is 23.3. The number of allylic oxidation sites excluding steroid dienone is 1. The Morgan fingerprint density at radius 2 is 1.87 bits per heavy atom. The summed E-state index contributed by atoms with van der Waals surface area (Å²) in [5.74, 6) is 0.390. The molecule has 0 bridgehead atoms. The van der Waals surface area contributed by atoms with E-state index in [1.54, 1.807) is 38.3 Å². The lowest BCUT2D eigenvalue weighted by Gasteiger charge is -2.28. The lowest BCUT2D eigenvalue weighted by molar-refractivity contribution is -0.118. The summed E-state index contributed by atoms with van der Waals surface area (Å²) in [6.07, 6.45) is 1.53. The number of methoxy groups -OCH3 is 2. The molecule has 3 heterocycles. The number of nitrogens with one attached hydrogen (secondary N) is 2. The fraction of sp³-hybridized carbons (Fsp3) is 0.310. The van der Waals surface area contributed by atoms with Crippen LogP contribution in [0.3, 0.4) is 0 Å². The first kappa shape index (κ1) is 26.4. The molecule has 3 aromatic rings. The van der Waals surface area contributed by atoms with Crippen LogP contribution in [-0.4, -0.2) is 36.6 Å². The van der Waals surface area contributed by atoms with Crippen molar-refractivity contribution in [3.8, 4) is 11.5 Å². The number of hydrogen-bond donors (Lipinski definition) is 2. The van der Waals surface area contributed by atoms with Gasteiger partial charge in [-0.25, -0.2) is 4.99 Å². The van der Waals surface area contributed by atoms with Crippen molar-refractivity contribution in [1.82, 2.24) is 9.88 Å². The number of carbonyl (C=O) groups is 2. The van der Waals surface area contributed by atoms with Crippen LogP contribution in [-0.2, 0) is 9.59 Å². The third kappa shape index (κ3) is 4.44. The Morgan fingerprint density at radius 1 is 1.13 bits per heavy atom. The molecule has 10 heteroatoms. The van der Waals surface area contributed by atoms with Gasteiger partial charge in [0.1, 0.15) is 22.1 Å². The number of thiazole rings is 1. The predicted molar refractivity (Wildman–Crippen MR) is 150 cm³/mol. The number of rotatable bonds is 7. The standard InChI is InChI=1S/C29H30N4O5S/c1-6-16(7-2)31-26(34)22-15(3)30-29-33(24(22)19-14-17(37-4)12-13-21(19)38-5)28(36)25(39-29)23-18-10-8-9-11-20(18)32-27(23)35/h8-14,16,24H,6-7H2,1-5H3,(H,31,34)(H,32,35)/b25-23-/t24-/m0/s1. The van der Waals surface area contributed by atoms with Gasteiger partial charge in [0.05, 0.1) is 31.1 Å². The number of ether oxygens (including phenoxy) is 2. The first-order valence-electron chi connectivity index (χ1n) is 12.8. The summed E-state index contributed by atoms with van der Waals surface area (Å²) in [5.41, 5.74) is 2.61. The predicted octanol–water partition coefficient (Wildman–Crippen LogP) is 2.88. The van der Waals surface area contributed by atoms with Gasteiger partial charge in [-0.2, -0.15) is 0 Å². The molecule has 2 aromatic carbocycles. The zero-order chi connectivity index (χ0) is 27.8. The van der Waals surface area contributed by atoms with Crippen molar-refractivity contribution in [3.63, 3.8) is 0 Å². The monoisotopic (exact) mass is 546 g/mol. The average Bonchev–Trinajstić information content (AvgIpc) is 3.44. The molecule has 0 unspecified atom stereocenters. The van der Waals surface area contributed by atoms with Crippen LogP contribution in [0.2, 0.25) is 0 Å². The van der Waals surface area contributed by atoms with Gasteiger partial charge in [-0.05, 0) is 44.0 Å². The molecule has 2 aliphatic rings. The molecule has 2 aliphatic heterocycles. The maximum absolute atomic E-state index is 14.2. The highest BCUT2D eigenvalue weighted by molar-refractivity contribution is 7.07. The SMILES string of the molecule is CCC(CC)NC(=O)C1=C(C)N=c2s/c(=C3\C(=O)Nc4ccccc43)c(=O)n2[C@H]1c1cc(OC)ccc1OC. The van der Waals surface area contributed by atoms with E-state index in [-0.39, 0.29) is 22.4 Å². The van der Waals surface area contributed by atoms with E-state index in [0.29, 0.717) is 50.0 Å². The minimum Gasteiger partial charge on any atom is -0.497 e. The largest absolute Gasteiger partial charge is 0.497 e. The van der Waals surface area contributed by atoms with Gasteiger partial charge in [-0.15, -0.1) is 0 Å². The normalized spacial score (nSPS) is 17.4. The van der Waals surface area contributed by atoms with Crippen LogP contribution in [0.15, 0.2) is 63.5 Å². The van der Waals surface area contributed by atoms with Crippen LogP contribution in [0.4, 0.5) is 5.69 Å². The summed E-state index contributed by atoms with van der Waals surface area (Å²) >= 11 is 1.14. The van der Waals surface area contributed by atoms with Gasteiger partial charge in [0, 0.05) is 22.9 Å². The summed E-state index contributed by atoms with van der Waals surface area (Å²) in [4.78, 5) is 46.1. The summed E-state index contributed by atoms with van der Waals surface area (Å²) in [7, 11) is 3.09. The summed E-state index contributed by atoms with van der Waals surface area (Å²) in [5, 5.41) is 5.95. The van der Waals surface area contributed by atoms with E-state index in [2.05, 4.69) is 10.6 Å². The van der Waals surface area contributed by atoms with Crippen molar-refractivity contribution in [2.75, 3.05) is 19.5 Å². The molecule has 2 amide bonds. The van der Waals surface area contributed by atoms with Crippen molar-refractivity contribution in [2.24, 2.45) is 4.99 Å². The number of amides is 2. The highest BCUT2D eigenvalue weighted by Crippen LogP contribution is 2.38. The number of fused-ring (bicyclic) bond motifs is 2. The lowest BCUT2D eigenvalue weighted by Crippen LogP contribution is -2.44. The molecule has 0 saturated heterocycles. The van der Waals surface area contributed by atoms with Crippen LogP contribution in [0, 0.1) is 0 Å². The van der Waals surface area contributed by atoms with E-state index in [0.717, 1.165) is 24.2 Å². The van der Waals surface area contributed by atoms with Crippen molar-refractivity contribution in [3.05, 3.63) is 84.5 Å². The minimum absolute atomic E-state index is 0.0314. The third-order valence-electron chi connectivity index (χ3n) is 7.19. The second-order valence-corrected chi connectivity index (χ2v) is 10.3. The smallest absolute Gasteiger partial charge is 0.271 e. The Balaban J connectivity index is 1.81.